The van der Waals surface area contributed by atoms with Crippen LogP contribution in [0.1, 0.15) is 5.56 Å². The van der Waals surface area contributed by atoms with Gasteiger partial charge in [-0.15, -0.1) is 0 Å². The Morgan fingerprint density at radius 1 is 1.36 bits per heavy atom. The molecule has 0 unspecified atom stereocenters. The average Bonchev–Trinajstić information content (AvgIpc) is 2.07. The van der Waals surface area contributed by atoms with Crippen LogP contribution in [0.5, 0.6) is 5.75 Å². The van der Waals surface area contributed by atoms with Crippen LogP contribution in [0.3, 0.4) is 0 Å². The molecule has 1 aromatic carbocycles. The maximum Gasteiger partial charge on any atom is 0.118 e. The lowest BCUT2D eigenvalue weighted by atomic mass is 10.2. The molecule has 0 N–H and O–H groups in total. The molecule has 0 aliphatic carbocycles. The Kier molecular flexibility index (Phi) is 3.30. The lowest BCUT2D eigenvalue weighted by Crippen LogP contribution is -1.84. The van der Waals surface area contributed by atoms with Crippen LogP contribution in [-0.4, -0.2) is 7.11 Å². The number of thiol groups is 1. The summed E-state index contributed by atoms with van der Waals surface area (Å²) in [5, 5.41) is 0. The molecule has 0 aromatic heterocycles. The molecular weight excluding hydrogens is 156 g/mol. The van der Waals surface area contributed by atoms with E-state index in [1.807, 2.05) is 30.0 Å². The SMILES string of the molecule is COc1ccc(C[CH]S)cc1. The number of hydrogen-bond donors (Lipinski definition) is 1. The summed E-state index contributed by atoms with van der Waals surface area (Å²) in [4.78, 5) is 0. The van der Waals surface area contributed by atoms with Gasteiger partial charge in [0.25, 0.3) is 0 Å². The van der Waals surface area contributed by atoms with E-state index in [-0.39, 0.29) is 0 Å². The van der Waals surface area contributed by atoms with Gasteiger partial charge in [-0.25, -0.2) is 0 Å². The van der Waals surface area contributed by atoms with Crippen LogP contribution in [0.25, 0.3) is 0 Å². The van der Waals surface area contributed by atoms with Gasteiger partial charge in [-0.3, -0.25) is 0 Å². The van der Waals surface area contributed by atoms with Crippen molar-refractivity contribution in [2.75, 3.05) is 7.11 Å². The van der Waals surface area contributed by atoms with Gasteiger partial charge < -0.3 is 4.74 Å². The minimum Gasteiger partial charge on any atom is -0.497 e. The van der Waals surface area contributed by atoms with Gasteiger partial charge in [-0.1, -0.05) is 12.1 Å². The Bertz CT molecular complexity index is 205. The third-order valence-electron chi connectivity index (χ3n) is 1.49. The maximum absolute atomic E-state index is 5.02. The molecule has 1 radical (unpaired) electrons. The van der Waals surface area contributed by atoms with Crippen molar-refractivity contribution >= 4 is 12.6 Å². The second kappa shape index (κ2) is 4.29. The molecule has 2 heteroatoms. The molecule has 0 saturated carbocycles. The van der Waals surface area contributed by atoms with E-state index in [4.69, 9.17) is 4.74 Å². The van der Waals surface area contributed by atoms with Crippen LogP contribution in [-0.2, 0) is 6.42 Å². The zero-order valence-electron chi connectivity index (χ0n) is 6.45. The molecule has 1 rings (SSSR count). The first-order valence-corrected chi connectivity index (χ1v) is 3.97. The second-order valence-corrected chi connectivity index (χ2v) is 2.60. The Morgan fingerprint density at radius 2 is 2.00 bits per heavy atom. The predicted molar refractivity (Wildman–Crippen MR) is 50.0 cm³/mol. The van der Waals surface area contributed by atoms with E-state index >= 15 is 0 Å². The zero-order valence-corrected chi connectivity index (χ0v) is 7.34. The topological polar surface area (TPSA) is 9.23 Å². The average molecular weight is 167 g/mol. The molecular formula is C9H11OS. The quantitative estimate of drug-likeness (QED) is 0.680. The van der Waals surface area contributed by atoms with Crippen LogP contribution in [0, 0.1) is 5.75 Å². The predicted octanol–water partition coefficient (Wildman–Crippen LogP) is 2.33. The largest absolute Gasteiger partial charge is 0.497 e. The Balaban J connectivity index is 2.66. The number of methoxy groups -OCH3 is 1. The normalized spacial score (nSPS) is 9.64. The summed E-state index contributed by atoms with van der Waals surface area (Å²) in [6.07, 6.45) is 0.896. The van der Waals surface area contributed by atoms with Crippen LogP contribution in [0.4, 0.5) is 0 Å². The highest BCUT2D eigenvalue weighted by atomic mass is 32.1. The lowest BCUT2D eigenvalue weighted by Gasteiger charge is -2.00. The molecule has 0 spiro atoms. The van der Waals surface area contributed by atoms with Gasteiger partial charge in [0.1, 0.15) is 5.75 Å². The van der Waals surface area contributed by atoms with E-state index in [0.29, 0.717) is 0 Å². The van der Waals surface area contributed by atoms with Crippen molar-refractivity contribution < 1.29 is 4.74 Å². The maximum atomic E-state index is 5.02. The molecule has 11 heavy (non-hydrogen) atoms. The van der Waals surface area contributed by atoms with Gasteiger partial charge in [-0.2, -0.15) is 12.6 Å². The van der Waals surface area contributed by atoms with Crippen molar-refractivity contribution in [1.29, 1.82) is 0 Å². The summed E-state index contributed by atoms with van der Waals surface area (Å²) < 4.78 is 5.02. The summed E-state index contributed by atoms with van der Waals surface area (Å²) in [6, 6.07) is 7.97. The van der Waals surface area contributed by atoms with Crippen LogP contribution in [0.15, 0.2) is 24.3 Å². The molecule has 0 aliphatic rings. The molecule has 1 aromatic rings. The van der Waals surface area contributed by atoms with Crippen molar-refractivity contribution in [1.82, 2.24) is 0 Å². The van der Waals surface area contributed by atoms with Crippen LogP contribution < -0.4 is 4.74 Å². The Morgan fingerprint density at radius 3 is 2.45 bits per heavy atom. The minimum absolute atomic E-state index is 0.896. The molecule has 0 fully saturated rings. The fourth-order valence-electron chi connectivity index (χ4n) is 0.867. The summed E-state index contributed by atoms with van der Waals surface area (Å²) in [7, 11) is 1.67. The summed E-state index contributed by atoms with van der Waals surface area (Å²) >= 11 is 4.02. The van der Waals surface area contributed by atoms with Gasteiger partial charge in [0.15, 0.2) is 0 Å². The highest BCUT2D eigenvalue weighted by Gasteiger charge is 1.91. The van der Waals surface area contributed by atoms with Crippen molar-refractivity contribution in [2.45, 2.75) is 6.42 Å². The number of benzene rings is 1. The van der Waals surface area contributed by atoms with Crippen molar-refractivity contribution in [3.8, 4) is 5.75 Å². The lowest BCUT2D eigenvalue weighted by molar-refractivity contribution is 0.414. The molecule has 0 aliphatic heterocycles. The van der Waals surface area contributed by atoms with Gasteiger partial charge in [0.05, 0.1) is 7.11 Å². The zero-order chi connectivity index (χ0) is 8.10. The van der Waals surface area contributed by atoms with E-state index in [9.17, 15) is 0 Å². The fourth-order valence-corrected chi connectivity index (χ4v) is 1.08. The van der Waals surface area contributed by atoms with E-state index in [0.717, 1.165) is 12.2 Å². The Labute approximate surface area is 72.8 Å². The first-order valence-electron chi connectivity index (χ1n) is 3.45. The third kappa shape index (κ3) is 2.46. The highest BCUT2D eigenvalue weighted by molar-refractivity contribution is 7.82. The van der Waals surface area contributed by atoms with Crippen LogP contribution in [0.2, 0.25) is 0 Å². The van der Waals surface area contributed by atoms with Crippen molar-refractivity contribution in [3.63, 3.8) is 0 Å². The number of hydrogen-bond acceptors (Lipinski definition) is 2. The van der Waals surface area contributed by atoms with E-state index < -0.39 is 0 Å². The van der Waals surface area contributed by atoms with Gasteiger partial charge in [0, 0.05) is 5.75 Å². The van der Waals surface area contributed by atoms with Gasteiger partial charge in [-0.05, 0) is 24.1 Å². The molecule has 59 valence electrons. The number of rotatable bonds is 3. The minimum atomic E-state index is 0.896. The van der Waals surface area contributed by atoms with Crippen molar-refractivity contribution in [2.24, 2.45) is 0 Å². The first kappa shape index (κ1) is 8.47. The monoisotopic (exact) mass is 167 g/mol. The van der Waals surface area contributed by atoms with E-state index in [1.165, 1.54) is 5.56 Å². The molecule has 0 amide bonds. The standard InChI is InChI=1S/C9H11OS/c1-10-9-4-2-8(3-5-9)6-7-11/h2-5,7,11H,6H2,1H3. The first-order chi connectivity index (χ1) is 5.36. The fraction of sp³-hybridized carbons (Fsp3) is 0.222. The summed E-state index contributed by atoms with van der Waals surface area (Å²) in [6.45, 7) is 0. The third-order valence-corrected chi connectivity index (χ3v) is 1.67. The smallest absolute Gasteiger partial charge is 0.118 e. The highest BCUT2D eigenvalue weighted by Crippen LogP contribution is 2.12. The van der Waals surface area contributed by atoms with Crippen molar-refractivity contribution in [3.05, 3.63) is 35.6 Å². The second-order valence-electron chi connectivity index (χ2n) is 2.23. The Hall–Kier alpha value is -0.630. The van der Waals surface area contributed by atoms with Crippen LogP contribution >= 0.6 is 12.6 Å². The summed E-state index contributed by atoms with van der Waals surface area (Å²) in [5.74, 6) is 2.73. The molecule has 1 nitrogen and oxygen atoms in total. The van der Waals surface area contributed by atoms with Gasteiger partial charge in [0.2, 0.25) is 0 Å². The van der Waals surface area contributed by atoms with Gasteiger partial charge >= 0.3 is 0 Å². The van der Waals surface area contributed by atoms with E-state index in [2.05, 4.69) is 12.6 Å². The van der Waals surface area contributed by atoms with E-state index in [1.54, 1.807) is 7.11 Å². The summed E-state index contributed by atoms with van der Waals surface area (Å²) in [5.41, 5.74) is 1.25. The molecule has 0 atom stereocenters. The molecule has 0 bridgehead atoms. The molecule has 0 heterocycles. The molecule has 0 saturated heterocycles. The number of ether oxygens (including phenoxy) is 1.